The molecule has 0 bridgehead atoms. The third-order valence-electron chi connectivity index (χ3n) is 6.41. The molecule has 2 aromatic carbocycles. The highest BCUT2D eigenvalue weighted by molar-refractivity contribution is 7.92. The summed E-state index contributed by atoms with van der Waals surface area (Å²) in [5, 5.41) is 69.6. The van der Waals surface area contributed by atoms with Gasteiger partial charge in [0.1, 0.15) is 11.4 Å². The quantitative estimate of drug-likeness (QED) is 0.151. The minimum atomic E-state index is -3.33. The molecule has 24 heteroatoms. The van der Waals surface area contributed by atoms with Crippen LogP contribution in [0.3, 0.4) is 0 Å². The van der Waals surface area contributed by atoms with Gasteiger partial charge < -0.3 is 10.2 Å². The van der Waals surface area contributed by atoms with Crippen LogP contribution in [0.15, 0.2) is 46.6 Å². The topological polar surface area (TPSA) is 330 Å². The predicted octanol–water partition coefficient (Wildman–Crippen LogP) is 0.612. The van der Waals surface area contributed by atoms with Gasteiger partial charge >= 0.3 is 11.4 Å². The number of hydrogen-bond acceptors (Lipinski definition) is 18. The van der Waals surface area contributed by atoms with E-state index in [1.807, 2.05) is 0 Å². The summed E-state index contributed by atoms with van der Waals surface area (Å²) in [5.41, 5.74) is 2.52. The maximum absolute atomic E-state index is 11.3. The fourth-order valence-corrected chi connectivity index (χ4v) is 7.76. The van der Waals surface area contributed by atoms with Gasteiger partial charge in [0.25, 0.3) is 11.4 Å². The maximum atomic E-state index is 11.3. The second-order valence-electron chi connectivity index (χ2n) is 9.83. The average molecular weight is 689 g/mol. The Morgan fingerprint density at radius 1 is 0.630 bits per heavy atom. The highest BCUT2D eigenvalue weighted by Gasteiger charge is 2.36. The standard InChI is InChI=1S/2C11H12N4O7S/c2*16-11-6-23(21,22)5-7(11)4-12-13-9-2-1-8(14(17)18)3-10(9)15(19)20/h2*1-4,7,11,13,16H,5-6H2/b2*12-4+/t2*7-,11+/m00/s1. The van der Waals surface area contributed by atoms with Crippen LogP contribution in [-0.4, -0.2) is 94.4 Å². The molecule has 22 nitrogen and oxygen atoms in total. The van der Waals surface area contributed by atoms with E-state index in [0.29, 0.717) is 0 Å². The number of hydrazone groups is 2. The minimum Gasteiger partial charge on any atom is -0.391 e. The van der Waals surface area contributed by atoms with Gasteiger partial charge in [-0.15, -0.1) is 0 Å². The van der Waals surface area contributed by atoms with E-state index >= 15 is 0 Å². The average Bonchev–Trinajstić information content (AvgIpc) is 3.38. The summed E-state index contributed by atoms with van der Waals surface area (Å²) in [6, 6.07) is 5.95. The number of aliphatic hydroxyl groups excluding tert-OH is 2. The van der Waals surface area contributed by atoms with Gasteiger partial charge in [-0.2, -0.15) is 10.2 Å². The number of aliphatic hydroxyl groups is 2. The fraction of sp³-hybridized carbons (Fsp3) is 0.364. The summed E-state index contributed by atoms with van der Waals surface area (Å²) in [4.78, 5) is 40.0. The molecule has 4 atom stereocenters. The predicted molar refractivity (Wildman–Crippen MR) is 160 cm³/mol. The zero-order chi connectivity index (χ0) is 34.4. The van der Waals surface area contributed by atoms with Gasteiger partial charge in [-0.1, -0.05) is 0 Å². The number of non-ortho nitro benzene ring substituents is 2. The van der Waals surface area contributed by atoms with E-state index in [1.165, 1.54) is 0 Å². The maximum Gasteiger partial charge on any atom is 0.301 e. The monoisotopic (exact) mass is 688 g/mol. The van der Waals surface area contributed by atoms with Crippen molar-refractivity contribution in [3.63, 3.8) is 0 Å². The zero-order valence-corrected chi connectivity index (χ0v) is 24.7. The molecule has 0 radical (unpaired) electrons. The number of benzene rings is 2. The van der Waals surface area contributed by atoms with Gasteiger partial charge in [-0.3, -0.25) is 51.3 Å². The molecule has 2 aromatic rings. The summed E-state index contributed by atoms with van der Waals surface area (Å²) in [7, 11) is -6.66. The Morgan fingerprint density at radius 3 is 1.24 bits per heavy atom. The molecule has 2 fully saturated rings. The van der Waals surface area contributed by atoms with Crippen LogP contribution in [0.4, 0.5) is 34.1 Å². The first-order valence-electron chi connectivity index (χ1n) is 12.6. The summed E-state index contributed by atoms with van der Waals surface area (Å²) in [5.74, 6) is -2.68. The van der Waals surface area contributed by atoms with Crippen molar-refractivity contribution in [1.29, 1.82) is 0 Å². The second-order valence-corrected chi connectivity index (χ2v) is 14.1. The van der Waals surface area contributed by atoms with Crippen molar-refractivity contribution in [2.45, 2.75) is 12.2 Å². The van der Waals surface area contributed by atoms with Crippen molar-refractivity contribution >= 4 is 66.2 Å². The third kappa shape index (κ3) is 9.40. The van der Waals surface area contributed by atoms with Crippen molar-refractivity contribution in [3.8, 4) is 0 Å². The largest absolute Gasteiger partial charge is 0.391 e. The molecule has 0 spiro atoms. The lowest BCUT2D eigenvalue weighted by Crippen LogP contribution is -2.19. The SMILES string of the molecule is O=[N+]([O-])c1ccc(N/N=C/[C@H]2CS(=O)(=O)C[C@H]2O)c([N+](=O)[O-])c1.O=[N+]([O-])c1ccc(N/N=C/[C@H]2CS(=O)(=O)C[C@H]2O)c([N+](=O)[O-])c1. The number of hydrogen-bond donors (Lipinski definition) is 4. The molecular formula is C22H24N8O14S2. The summed E-state index contributed by atoms with van der Waals surface area (Å²) < 4.78 is 45.3. The van der Waals surface area contributed by atoms with Crippen molar-refractivity contribution in [2.24, 2.45) is 22.0 Å². The van der Waals surface area contributed by atoms with Crippen LogP contribution >= 0.6 is 0 Å². The number of nitro benzene ring substituents is 4. The number of nitro groups is 4. The summed E-state index contributed by atoms with van der Waals surface area (Å²) in [6.07, 6.45) is 0.135. The zero-order valence-electron chi connectivity index (χ0n) is 23.0. The molecular weight excluding hydrogens is 664 g/mol. The minimum absolute atomic E-state index is 0.0906. The number of nitrogens with one attached hydrogen (secondary N) is 2. The highest BCUT2D eigenvalue weighted by Crippen LogP contribution is 2.30. The van der Waals surface area contributed by atoms with Gasteiger partial charge in [0.2, 0.25) is 0 Å². The molecule has 46 heavy (non-hydrogen) atoms. The molecule has 2 heterocycles. The van der Waals surface area contributed by atoms with Crippen LogP contribution in [0.2, 0.25) is 0 Å². The van der Waals surface area contributed by atoms with Gasteiger partial charge in [-0.25, -0.2) is 16.8 Å². The Balaban J connectivity index is 0.000000250. The van der Waals surface area contributed by atoms with Crippen molar-refractivity contribution < 1.29 is 46.7 Å². The van der Waals surface area contributed by atoms with E-state index in [9.17, 15) is 67.5 Å². The Labute approximate surface area is 257 Å². The summed E-state index contributed by atoms with van der Waals surface area (Å²) >= 11 is 0. The van der Waals surface area contributed by atoms with E-state index in [0.717, 1.165) is 48.8 Å². The van der Waals surface area contributed by atoms with E-state index < -0.39 is 86.2 Å². The van der Waals surface area contributed by atoms with E-state index in [-0.39, 0.29) is 34.4 Å². The lowest BCUT2D eigenvalue weighted by Gasteiger charge is -2.06. The van der Waals surface area contributed by atoms with Gasteiger partial charge in [0, 0.05) is 36.4 Å². The van der Waals surface area contributed by atoms with E-state index in [4.69, 9.17) is 0 Å². The number of nitrogens with zero attached hydrogens (tertiary/aromatic N) is 6. The number of rotatable bonds is 10. The van der Waals surface area contributed by atoms with E-state index in [2.05, 4.69) is 21.1 Å². The van der Waals surface area contributed by atoms with E-state index in [1.54, 1.807) is 0 Å². The number of anilines is 2. The molecule has 0 aliphatic carbocycles. The second kappa shape index (κ2) is 14.3. The van der Waals surface area contributed by atoms with Crippen LogP contribution < -0.4 is 10.9 Å². The first kappa shape index (κ1) is 35.3. The van der Waals surface area contributed by atoms with Crippen LogP contribution in [0, 0.1) is 52.3 Å². The molecule has 248 valence electrons. The molecule has 4 rings (SSSR count). The van der Waals surface area contributed by atoms with Crippen LogP contribution in [0.5, 0.6) is 0 Å². The van der Waals surface area contributed by atoms with Crippen LogP contribution in [0.25, 0.3) is 0 Å². The fourth-order valence-electron chi connectivity index (χ4n) is 4.16. The van der Waals surface area contributed by atoms with Crippen LogP contribution in [0.1, 0.15) is 0 Å². The lowest BCUT2D eigenvalue weighted by atomic mass is 10.1. The molecule has 0 amide bonds. The van der Waals surface area contributed by atoms with Crippen molar-refractivity contribution in [3.05, 3.63) is 76.9 Å². The summed E-state index contributed by atoms with van der Waals surface area (Å²) in [6.45, 7) is 0. The lowest BCUT2D eigenvalue weighted by molar-refractivity contribution is -0.393. The molecule has 0 unspecified atom stereocenters. The molecule has 4 N–H and O–H groups in total. The van der Waals surface area contributed by atoms with Crippen molar-refractivity contribution in [2.75, 3.05) is 33.9 Å². The highest BCUT2D eigenvalue weighted by atomic mass is 32.2. The van der Waals surface area contributed by atoms with Gasteiger partial charge in [0.05, 0.1) is 67.0 Å². The molecule has 0 saturated carbocycles. The normalized spacial score (nSPS) is 23.0. The smallest absolute Gasteiger partial charge is 0.301 e. The molecule has 2 saturated heterocycles. The molecule has 2 aliphatic rings. The Bertz CT molecular complexity index is 1680. The van der Waals surface area contributed by atoms with Crippen LogP contribution in [-0.2, 0) is 19.7 Å². The number of sulfone groups is 2. The molecule has 0 aromatic heterocycles. The van der Waals surface area contributed by atoms with Gasteiger partial charge in [0.15, 0.2) is 19.7 Å². The Kier molecular flexibility index (Phi) is 10.9. The third-order valence-corrected chi connectivity index (χ3v) is 9.89. The first-order chi connectivity index (χ1) is 21.4. The molecule has 2 aliphatic heterocycles. The Hall–Kier alpha value is -5.20. The Morgan fingerprint density at radius 2 is 0.978 bits per heavy atom. The van der Waals surface area contributed by atoms with Gasteiger partial charge in [-0.05, 0) is 12.1 Å². The van der Waals surface area contributed by atoms with Crippen molar-refractivity contribution in [1.82, 2.24) is 0 Å². The first-order valence-corrected chi connectivity index (χ1v) is 16.2.